The third-order valence-electron chi connectivity index (χ3n) is 8.16. The molecule has 1 saturated carbocycles. The SMILES string of the molecule is Cc1ncc(NC(=O)C[C@@H]2CCCCN2C2CCCC2)cc1NC(=O)c1cnn2cc(-c3cnn(C)c3)ncc12. The van der Waals surface area contributed by atoms with Crippen LogP contribution in [0.1, 0.15) is 67.4 Å². The lowest BCUT2D eigenvalue weighted by Crippen LogP contribution is -2.46. The highest BCUT2D eigenvalue weighted by Gasteiger charge is 2.31. The molecule has 2 fully saturated rings. The van der Waals surface area contributed by atoms with Gasteiger partial charge in [-0.25, -0.2) is 4.52 Å². The summed E-state index contributed by atoms with van der Waals surface area (Å²) in [6.45, 7) is 2.91. The largest absolute Gasteiger partial charge is 0.325 e. The van der Waals surface area contributed by atoms with Crippen LogP contribution in [0.4, 0.5) is 11.4 Å². The van der Waals surface area contributed by atoms with Gasteiger partial charge in [0.1, 0.15) is 0 Å². The van der Waals surface area contributed by atoms with Crippen LogP contribution in [-0.2, 0) is 11.8 Å². The van der Waals surface area contributed by atoms with E-state index in [0.717, 1.165) is 18.5 Å². The predicted octanol–water partition coefficient (Wildman–Crippen LogP) is 4.21. The Balaban J connectivity index is 1.13. The lowest BCUT2D eigenvalue weighted by atomic mass is 9.96. The molecule has 1 aliphatic carbocycles. The molecule has 0 radical (unpaired) electrons. The number of carbonyl (C=O) groups excluding carboxylic acids is 2. The lowest BCUT2D eigenvalue weighted by Gasteiger charge is -2.39. The summed E-state index contributed by atoms with van der Waals surface area (Å²) in [6.07, 6.45) is 19.2. The Hall–Kier alpha value is -4.12. The first-order valence-electron chi connectivity index (χ1n) is 14.1. The number of fused-ring (bicyclic) bond motifs is 1. The molecule has 1 atom stereocenters. The van der Waals surface area contributed by atoms with E-state index in [2.05, 4.69) is 35.7 Å². The van der Waals surface area contributed by atoms with Gasteiger partial charge in [0, 0.05) is 37.3 Å². The van der Waals surface area contributed by atoms with E-state index in [9.17, 15) is 9.59 Å². The van der Waals surface area contributed by atoms with E-state index in [-0.39, 0.29) is 17.9 Å². The van der Waals surface area contributed by atoms with Crippen molar-refractivity contribution in [2.75, 3.05) is 17.2 Å². The number of nitrogens with zero attached hydrogens (tertiary/aromatic N) is 7. The molecule has 2 N–H and O–H groups in total. The average molecular weight is 542 g/mol. The topological polar surface area (TPSA) is 122 Å². The summed E-state index contributed by atoms with van der Waals surface area (Å²) >= 11 is 0. The van der Waals surface area contributed by atoms with E-state index < -0.39 is 0 Å². The number of aromatic nitrogens is 6. The van der Waals surface area contributed by atoms with Gasteiger partial charge in [-0.3, -0.25) is 29.1 Å². The quantitative estimate of drug-likeness (QED) is 0.359. The number of pyridine rings is 1. The third-order valence-corrected chi connectivity index (χ3v) is 8.16. The number of carbonyl (C=O) groups is 2. The highest BCUT2D eigenvalue weighted by molar-refractivity contribution is 6.09. The molecule has 0 unspecified atom stereocenters. The molecule has 1 saturated heterocycles. The van der Waals surface area contributed by atoms with Crippen molar-refractivity contribution in [2.24, 2.45) is 7.05 Å². The van der Waals surface area contributed by atoms with Gasteiger partial charge in [-0.15, -0.1) is 0 Å². The van der Waals surface area contributed by atoms with Crippen molar-refractivity contribution >= 4 is 28.7 Å². The molecule has 1 aliphatic heterocycles. The van der Waals surface area contributed by atoms with Crippen LogP contribution in [-0.4, -0.2) is 64.7 Å². The van der Waals surface area contributed by atoms with Crippen molar-refractivity contribution in [2.45, 2.75) is 70.4 Å². The second-order valence-electron chi connectivity index (χ2n) is 11.0. The summed E-state index contributed by atoms with van der Waals surface area (Å²) in [5.74, 6) is -0.343. The Labute approximate surface area is 233 Å². The smallest absolute Gasteiger partial charge is 0.259 e. The standard InChI is InChI=1S/C29H35N9O2/c1-19-25(35-29(40)24-15-33-38-18-26(31-16-27(24)38)20-13-32-36(2)17-20)11-21(14-30-19)34-28(39)12-23-9-5-6-10-37(23)22-7-3-4-8-22/h11,13-18,22-23H,3-10,12H2,1-2H3,(H,34,39)(H,35,40)/t23-/m0/s1. The van der Waals surface area contributed by atoms with E-state index in [1.54, 1.807) is 40.1 Å². The second-order valence-corrected chi connectivity index (χ2v) is 11.0. The maximum absolute atomic E-state index is 13.2. The van der Waals surface area contributed by atoms with Crippen LogP contribution in [0, 0.1) is 6.92 Å². The fourth-order valence-electron chi connectivity index (χ4n) is 6.06. The molecule has 0 spiro atoms. The maximum atomic E-state index is 13.2. The van der Waals surface area contributed by atoms with Gasteiger partial charge in [-0.1, -0.05) is 19.3 Å². The first-order valence-corrected chi connectivity index (χ1v) is 14.1. The Morgan fingerprint density at radius 3 is 2.58 bits per heavy atom. The minimum Gasteiger partial charge on any atom is -0.325 e. The van der Waals surface area contributed by atoms with Crippen LogP contribution in [0.15, 0.2) is 43.2 Å². The summed E-state index contributed by atoms with van der Waals surface area (Å²) in [5.41, 5.74) is 4.30. The number of rotatable bonds is 7. The van der Waals surface area contributed by atoms with Gasteiger partial charge in [0.2, 0.25) is 5.91 Å². The van der Waals surface area contributed by atoms with Crippen molar-refractivity contribution in [1.29, 1.82) is 0 Å². The fraction of sp³-hybridized carbons (Fsp3) is 0.448. The van der Waals surface area contributed by atoms with E-state index in [0.29, 0.717) is 46.3 Å². The minimum absolute atomic E-state index is 0.0176. The zero-order valence-corrected chi connectivity index (χ0v) is 23.0. The molecule has 0 aromatic carbocycles. The molecule has 11 nitrogen and oxygen atoms in total. The Morgan fingerprint density at radius 1 is 0.950 bits per heavy atom. The molecule has 208 valence electrons. The number of likely N-dealkylation sites (tertiary alicyclic amines) is 1. The van der Waals surface area contributed by atoms with Gasteiger partial charge in [0.15, 0.2) is 0 Å². The zero-order valence-electron chi connectivity index (χ0n) is 23.0. The van der Waals surface area contributed by atoms with E-state index >= 15 is 0 Å². The van der Waals surface area contributed by atoms with Crippen LogP contribution in [0.5, 0.6) is 0 Å². The van der Waals surface area contributed by atoms with E-state index in [1.807, 2.05) is 20.2 Å². The van der Waals surface area contributed by atoms with Gasteiger partial charge in [-0.05, 0) is 45.2 Å². The Bertz CT molecular complexity index is 1540. The molecule has 2 amide bonds. The van der Waals surface area contributed by atoms with Gasteiger partial charge in [0.05, 0.1) is 64.8 Å². The Morgan fingerprint density at radius 2 is 1.77 bits per heavy atom. The van der Waals surface area contributed by atoms with Crippen LogP contribution in [0.25, 0.3) is 16.8 Å². The van der Waals surface area contributed by atoms with Gasteiger partial charge in [0.25, 0.3) is 5.91 Å². The number of anilines is 2. The van der Waals surface area contributed by atoms with Crippen molar-refractivity contribution < 1.29 is 9.59 Å². The number of aryl methyl sites for hydroxylation is 2. The second kappa shape index (κ2) is 11.2. The maximum Gasteiger partial charge on any atom is 0.259 e. The molecule has 2 aliphatic rings. The molecular weight excluding hydrogens is 506 g/mol. The molecule has 40 heavy (non-hydrogen) atoms. The molecule has 6 rings (SSSR count). The highest BCUT2D eigenvalue weighted by atomic mass is 16.2. The third kappa shape index (κ3) is 5.46. The van der Waals surface area contributed by atoms with E-state index in [1.165, 1.54) is 44.7 Å². The van der Waals surface area contributed by atoms with Crippen molar-refractivity contribution in [3.05, 3.63) is 54.5 Å². The fourth-order valence-corrected chi connectivity index (χ4v) is 6.06. The summed E-state index contributed by atoms with van der Waals surface area (Å²) in [7, 11) is 1.84. The number of hydrogen-bond acceptors (Lipinski definition) is 7. The monoisotopic (exact) mass is 541 g/mol. The Kier molecular flexibility index (Phi) is 7.29. The highest BCUT2D eigenvalue weighted by Crippen LogP contribution is 2.31. The van der Waals surface area contributed by atoms with Crippen molar-refractivity contribution in [1.82, 2.24) is 34.3 Å². The van der Waals surface area contributed by atoms with Crippen molar-refractivity contribution in [3.8, 4) is 11.3 Å². The van der Waals surface area contributed by atoms with Crippen LogP contribution < -0.4 is 10.6 Å². The van der Waals surface area contributed by atoms with E-state index in [4.69, 9.17) is 0 Å². The van der Waals surface area contributed by atoms with Crippen LogP contribution in [0.3, 0.4) is 0 Å². The first-order chi connectivity index (χ1) is 19.4. The van der Waals surface area contributed by atoms with Gasteiger partial charge in [-0.2, -0.15) is 10.2 Å². The molecule has 0 bridgehead atoms. The lowest BCUT2D eigenvalue weighted by molar-refractivity contribution is -0.118. The normalized spacial score (nSPS) is 18.3. The zero-order chi connectivity index (χ0) is 27.6. The number of amides is 2. The summed E-state index contributed by atoms with van der Waals surface area (Å²) in [6, 6.07) is 2.67. The predicted molar refractivity (Wildman–Crippen MR) is 152 cm³/mol. The molecule has 11 heteroatoms. The first kappa shape index (κ1) is 26.1. The number of hydrogen-bond donors (Lipinski definition) is 2. The number of nitrogens with one attached hydrogen (secondary N) is 2. The summed E-state index contributed by atoms with van der Waals surface area (Å²) in [4.78, 5) is 37.8. The minimum atomic E-state index is -0.325. The van der Waals surface area contributed by atoms with Gasteiger partial charge < -0.3 is 10.6 Å². The molecule has 4 aromatic rings. The molecule has 4 aromatic heterocycles. The van der Waals surface area contributed by atoms with Gasteiger partial charge >= 0.3 is 0 Å². The average Bonchev–Trinajstić information content (AvgIpc) is 3.72. The summed E-state index contributed by atoms with van der Waals surface area (Å²) in [5, 5.41) is 14.5. The van der Waals surface area contributed by atoms with Crippen LogP contribution >= 0.6 is 0 Å². The number of piperidine rings is 1. The molecular formula is C29H35N9O2. The molecule has 5 heterocycles. The van der Waals surface area contributed by atoms with Crippen LogP contribution in [0.2, 0.25) is 0 Å². The van der Waals surface area contributed by atoms with Crippen molar-refractivity contribution in [3.63, 3.8) is 0 Å². The summed E-state index contributed by atoms with van der Waals surface area (Å²) < 4.78 is 3.34.